The van der Waals surface area contributed by atoms with Crippen LogP contribution in [0, 0.1) is 0 Å². The third-order valence-corrected chi connectivity index (χ3v) is 5.41. The van der Waals surface area contributed by atoms with E-state index in [2.05, 4.69) is 5.32 Å². The highest BCUT2D eigenvalue weighted by Gasteiger charge is 2.16. The lowest BCUT2D eigenvalue weighted by molar-refractivity contribution is 0.0947. The second kappa shape index (κ2) is 8.33. The van der Waals surface area contributed by atoms with Gasteiger partial charge in [0.05, 0.1) is 11.4 Å². The molecule has 2 rings (SSSR count). The average Bonchev–Trinajstić information content (AvgIpc) is 2.58. The summed E-state index contributed by atoms with van der Waals surface area (Å²) >= 11 is 5.84. The van der Waals surface area contributed by atoms with Crippen molar-refractivity contribution in [2.75, 3.05) is 27.2 Å². The first-order chi connectivity index (χ1) is 11.8. The minimum Gasteiger partial charge on any atom is -0.492 e. The van der Waals surface area contributed by atoms with E-state index in [9.17, 15) is 13.2 Å². The Morgan fingerprint density at radius 3 is 2.44 bits per heavy atom. The fraction of sp³-hybridized carbons (Fsp3) is 0.235. The largest absolute Gasteiger partial charge is 0.492 e. The van der Waals surface area contributed by atoms with Crippen molar-refractivity contribution >= 4 is 27.5 Å². The van der Waals surface area contributed by atoms with Gasteiger partial charge in [-0.2, -0.15) is 0 Å². The van der Waals surface area contributed by atoms with Gasteiger partial charge in [-0.3, -0.25) is 4.79 Å². The van der Waals surface area contributed by atoms with E-state index in [1.165, 1.54) is 26.2 Å². The third-order valence-electron chi connectivity index (χ3n) is 3.35. The van der Waals surface area contributed by atoms with Gasteiger partial charge in [0.2, 0.25) is 10.0 Å². The summed E-state index contributed by atoms with van der Waals surface area (Å²) in [5.41, 5.74) is 0.478. The molecule has 1 N–H and O–H groups in total. The van der Waals surface area contributed by atoms with Gasteiger partial charge in [0, 0.05) is 24.7 Å². The smallest absolute Gasteiger partial charge is 0.251 e. The van der Waals surface area contributed by atoms with Crippen molar-refractivity contribution in [3.63, 3.8) is 0 Å². The van der Waals surface area contributed by atoms with Crippen molar-refractivity contribution in [1.82, 2.24) is 9.62 Å². The van der Waals surface area contributed by atoms with Crippen LogP contribution in [0.3, 0.4) is 0 Å². The first-order valence-corrected chi connectivity index (χ1v) is 9.31. The maximum Gasteiger partial charge on any atom is 0.251 e. The number of benzene rings is 2. The Kier molecular flexibility index (Phi) is 6.41. The summed E-state index contributed by atoms with van der Waals surface area (Å²) in [5.74, 6) is 0.285. The fourth-order valence-electron chi connectivity index (χ4n) is 1.98. The lowest BCUT2D eigenvalue weighted by Gasteiger charge is -2.12. The summed E-state index contributed by atoms with van der Waals surface area (Å²) in [6.45, 7) is 0.565. The highest BCUT2D eigenvalue weighted by Crippen LogP contribution is 2.18. The Labute approximate surface area is 152 Å². The van der Waals surface area contributed by atoms with Crippen LogP contribution in [0.1, 0.15) is 10.4 Å². The van der Waals surface area contributed by atoms with E-state index in [0.717, 1.165) is 4.31 Å². The Morgan fingerprint density at radius 1 is 1.16 bits per heavy atom. The summed E-state index contributed by atoms with van der Waals surface area (Å²) in [6, 6.07) is 12.8. The molecule has 8 heteroatoms. The minimum atomic E-state index is -3.45. The molecule has 0 unspecified atom stereocenters. The Morgan fingerprint density at radius 2 is 1.84 bits per heavy atom. The topological polar surface area (TPSA) is 75.7 Å². The monoisotopic (exact) mass is 382 g/mol. The molecule has 0 saturated carbocycles. The Hall–Kier alpha value is -2.09. The highest BCUT2D eigenvalue weighted by molar-refractivity contribution is 7.89. The molecule has 6 nitrogen and oxygen atoms in total. The van der Waals surface area contributed by atoms with E-state index < -0.39 is 10.0 Å². The van der Waals surface area contributed by atoms with Gasteiger partial charge in [0.25, 0.3) is 5.91 Å². The molecule has 0 atom stereocenters. The number of hydrogen-bond acceptors (Lipinski definition) is 4. The van der Waals surface area contributed by atoms with Crippen LogP contribution in [0.4, 0.5) is 0 Å². The van der Waals surface area contributed by atoms with E-state index in [1.807, 2.05) is 0 Å². The van der Waals surface area contributed by atoms with E-state index in [0.29, 0.717) is 22.9 Å². The number of hydrogen-bond donors (Lipinski definition) is 1. The second-order valence-electron chi connectivity index (χ2n) is 5.37. The number of ether oxygens (including phenoxy) is 1. The van der Waals surface area contributed by atoms with Gasteiger partial charge in [-0.15, -0.1) is 0 Å². The zero-order valence-electron chi connectivity index (χ0n) is 13.9. The number of carbonyl (C=O) groups excluding carboxylic acids is 1. The first-order valence-electron chi connectivity index (χ1n) is 7.50. The molecule has 0 bridgehead atoms. The van der Waals surface area contributed by atoms with Gasteiger partial charge >= 0.3 is 0 Å². The maximum atomic E-state index is 12.0. The number of carbonyl (C=O) groups is 1. The standard InChI is InChI=1S/C17H19ClN2O4S/c1-20(2)25(22,23)16-8-6-15(7-9-16)24-11-10-19-17(21)13-4-3-5-14(18)12-13/h3-9,12H,10-11H2,1-2H3,(H,19,21). The first kappa shape index (κ1) is 19.2. The minimum absolute atomic E-state index is 0.194. The maximum absolute atomic E-state index is 12.0. The molecule has 2 aromatic rings. The molecule has 0 aromatic heterocycles. The van der Waals surface area contributed by atoms with Gasteiger partial charge in [0.1, 0.15) is 12.4 Å². The molecule has 0 aliphatic rings. The van der Waals surface area contributed by atoms with Crippen LogP contribution in [0.25, 0.3) is 0 Å². The summed E-state index contributed by atoms with van der Waals surface area (Å²) in [6.07, 6.45) is 0. The van der Waals surface area contributed by atoms with E-state index in [1.54, 1.807) is 36.4 Å². The van der Waals surface area contributed by atoms with Gasteiger partial charge < -0.3 is 10.1 Å². The predicted octanol–water partition coefficient (Wildman–Crippen LogP) is 2.40. The summed E-state index contributed by atoms with van der Waals surface area (Å²) in [7, 11) is -0.505. The molecule has 0 aliphatic heterocycles. The van der Waals surface area contributed by atoms with Gasteiger partial charge in [0.15, 0.2) is 0 Å². The molecule has 0 aliphatic carbocycles. The van der Waals surface area contributed by atoms with Crippen molar-refractivity contribution in [3.8, 4) is 5.75 Å². The quantitative estimate of drug-likeness (QED) is 0.746. The molecule has 0 radical (unpaired) electrons. The zero-order chi connectivity index (χ0) is 18.4. The summed E-state index contributed by atoms with van der Waals surface area (Å²) < 4.78 is 30.6. The molecule has 1 amide bonds. The summed E-state index contributed by atoms with van der Waals surface area (Å²) in [5, 5.41) is 3.22. The van der Waals surface area contributed by atoms with Crippen molar-refractivity contribution in [2.45, 2.75) is 4.90 Å². The Balaban J connectivity index is 1.83. The van der Waals surface area contributed by atoms with E-state index in [4.69, 9.17) is 16.3 Å². The van der Waals surface area contributed by atoms with Gasteiger partial charge in [-0.1, -0.05) is 17.7 Å². The molecule has 0 saturated heterocycles. The Bertz CT molecular complexity index is 836. The van der Waals surface area contributed by atoms with Crippen molar-refractivity contribution in [3.05, 3.63) is 59.1 Å². The zero-order valence-corrected chi connectivity index (χ0v) is 15.5. The number of sulfonamides is 1. The van der Waals surface area contributed by atoms with Crippen LogP contribution in [-0.2, 0) is 10.0 Å². The second-order valence-corrected chi connectivity index (χ2v) is 7.96. The predicted molar refractivity (Wildman–Crippen MR) is 96.6 cm³/mol. The van der Waals surface area contributed by atoms with Gasteiger partial charge in [-0.05, 0) is 42.5 Å². The SMILES string of the molecule is CN(C)S(=O)(=O)c1ccc(OCCNC(=O)c2cccc(Cl)c2)cc1. The molecule has 2 aromatic carbocycles. The van der Waals surface area contributed by atoms with Crippen LogP contribution < -0.4 is 10.1 Å². The third kappa shape index (κ3) is 5.19. The lowest BCUT2D eigenvalue weighted by atomic mass is 10.2. The average molecular weight is 383 g/mol. The van der Waals surface area contributed by atoms with Crippen LogP contribution >= 0.6 is 11.6 Å². The molecular weight excluding hydrogens is 364 g/mol. The number of nitrogens with zero attached hydrogens (tertiary/aromatic N) is 1. The number of rotatable bonds is 7. The molecule has 0 heterocycles. The van der Waals surface area contributed by atoms with Gasteiger partial charge in [-0.25, -0.2) is 12.7 Å². The normalized spacial score (nSPS) is 11.4. The van der Waals surface area contributed by atoms with Crippen LogP contribution in [-0.4, -0.2) is 45.9 Å². The fourth-order valence-corrected chi connectivity index (χ4v) is 3.08. The van der Waals surface area contributed by atoms with E-state index >= 15 is 0 Å². The molecule has 0 spiro atoms. The number of nitrogens with one attached hydrogen (secondary N) is 1. The number of amides is 1. The summed E-state index contributed by atoms with van der Waals surface area (Å²) in [4.78, 5) is 12.1. The van der Waals surface area contributed by atoms with Crippen LogP contribution in [0.15, 0.2) is 53.4 Å². The van der Waals surface area contributed by atoms with E-state index in [-0.39, 0.29) is 17.4 Å². The molecule has 25 heavy (non-hydrogen) atoms. The highest BCUT2D eigenvalue weighted by atomic mass is 35.5. The molecular formula is C17H19ClN2O4S. The van der Waals surface area contributed by atoms with Crippen molar-refractivity contribution < 1.29 is 17.9 Å². The number of halogens is 1. The molecule has 134 valence electrons. The van der Waals surface area contributed by atoms with Crippen molar-refractivity contribution in [1.29, 1.82) is 0 Å². The lowest BCUT2D eigenvalue weighted by Crippen LogP contribution is -2.28. The molecule has 0 fully saturated rings. The van der Waals surface area contributed by atoms with Crippen LogP contribution in [0.2, 0.25) is 5.02 Å². The van der Waals surface area contributed by atoms with Crippen LogP contribution in [0.5, 0.6) is 5.75 Å². The van der Waals surface area contributed by atoms with Crippen molar-refractivity contribution in [2.24, 2.45) is 0 Å².